The largest absolute Gasteiger partial charge is 0.490 e. The number of carbonyl (C=O) groups is 1. The molecular formula is C19H27NO5. The number of hydrogen-bond donors (Lipinski definition) is 1. The number of carbonyl (C=O) groups excluding carboxylic acids is 1. The minimum atomic E-state index is -0.0934. The van der Waals surface area contributed by atoms with Gasteiger partial charge in [0, 0.05) is 11.6 Å². The van der Waals surface area contributed by atoms with E-state index in [4.69, 9.17) is 18.9 Å². The van der Waals surface area contributed by atoms with Crippen molar-refractivity contribution in [2.24, 2.45) is 0 Å². The van der Waals surface area contributed by atoms with E-state index in [0.29, 0.717) is 43.5 Å². The Bertz CT molecular complexity index is 591. The van der Waals surface area contributed by atoms with Gasteiger partial charge >= 0.3 is 0 Å². The lowest BCUT2D eigenvalue weighted by Gasteiger charge is -2.39. The number of benzene rings is 1. The molecule has 0 aromatic heterocycles. The van der Waals surface area contributed by atoms with Crippen LogP contribution < -0.4 is 14.8 Å². The Morgan fingerprint density at radius 2 is 1.80 bits per heavy atom. The second-order valence-electron chi connectivity index (χ2n) is 6.33. The molecule has 6 nitrogen and oxygen atoms in total. The predicted molar refractivity (Wildman–Crippen MR) is 93.4 cm³/mol. The van der Waals surface area contributed by atoms with E-state index in [1.807, 2.05) is 13.8 Å². The SMILES string of the molecule is CCOc1ccc(C(=O)NC2CCC3OCCOC3C2)cc1OCC. The summed E-state index contributed by atoms with van der Waals surface area (Å²) in [6.07, 6.45) is 2.89. The Balaban J connectivity index is 1.63. The molecule has 2 fully saturated rings. The number of nitrogens with one attached hydrogen (secondary N) is 1. The maximum atomic E-state index is 12.6. The smallest absolute Gasteiger partial charge is 0.251 e. The van der Waals surface area contributed by atoms with Gasteiger partial charge in [-0.2, -0.15) is 0 Å². The van der Waals surface area contributed by atoms with Crippen molar-refractivity contribution in [2.75, 3.05) is 26.4 Å². The van der Waals surface area contributed by atoms with Crippen LogP contribution in [0.1, 0.15) is 43.5 Å². The quantitative estimate of drug-likeness (QED) is 0.855. The molecular weight excluding hydrogens is 322 g/mol. The van der Waals surface area contributed by atoms with Gasteiger partial charge in [-0.25, -0.2) is 0 Å². The molecule has 138 valence electrons. The fraction of sp³-hybridized carbons (Fsp3) is 0.632. The zero-order chi connectivity index (χ0) is 17.6. The van der Waals surface area contributed by atoms with E-state index in [2.05, 4.69) is 5.32 Å². The molecule has 1 heterocycles. The molecule has 1 saturated carbocycles. The van der Waals surface area contributed by atoms with Crippen molar-refractivity contribution < 1.29 is 23.7 Å². The van der Waals surface area contributed by atoms with Gasteiger partial charge in [-0.15, -0.1) is 0 Å². The maximum absolute atomic E-state index is 12.6. The van der Waals surface area contributed by atoms with E-state index >= 15 is 0 Å². The summed E-state index contributed by atoms with van der Waals surface area (Å²) in [4.78, 5) is 12.6. The Labute approximate surface area is 148 Å². The van der Waals surface area contributed by atoms with E-state index in [9.17, 15) is 4.79 Å². The third-order valence-corrected chi connectivity index (χ3v) is 4.62. The van der Waals surface area contributed by atoms with Gasteiger partial charge in [-0.1, -0.05) is 0 Å². The Morgan fingerprint density at radius 1 is 1.08 bits per heavy atom. The van der Waals surface area contributed by atoms with Crippen LogP contribution >= 0.6 is 0 Å². The molecule has 1 aromatic rings. The summed E-state index contributed by atoms with van der Waals surface area (Å²) >= 11 is 0. The molecule has 1 amide bonds. The molecule has 1 N–H and O–H groups in total. The summed E-state index contributed by atoms with van der Waals surface area (Å²) in [5, 5.41) is 3.12. The fourth-order valence-corrected chi connectivity index (χ4v) is 3.46. The molecule has 1 aliphatic heterocycles. The first-order chi connectivity index (χ1) is 12.2. The highest BCUT2D eigenvalue weighted by atomic mass is 16.6. The van der Waals surface area contributed by atoms with Crippen LogP contribution in [-0.2, 0) is 9.47 Å². The van der Waals surface area contributed by atoms with Gasteiger partial charge in [0.1, 0.15) is 0 Å². The van der Waals surface area contributed by atoms with Crippen molar-refractivity contribution >= 4 is 5.91 Å². The molecule has 0 bridgehead atoms. The minimum absolute atomic E-state index is 0.0899. The van der Waals surface area contributed by atoms with Crippen molar-refractivity contribution in [2.45, 2.75) is 51.4 Å². The Hall–Kier alpha value is -1.79. The fourth-order valence-electron chi connectivity index (χ4n) is 3.46. The number of hydrogen-bond acceptors (Lipinski definition) is 5. The number of rotatable bonds is 6. The predicted octanol–water partition coefficient (Wildman–Crippen LogP) is 2.55. The lowest BCUT2D eigenvalue weighted by atomic mass is 9.89. The van der Waals surface area contributed by atoms with Crippen molar-refractivity contribution in [3.8, 4) is 11.5 Å². The Morgan fingerprint density at radius 3 is 2.56 bits per heavy atom. The molecule has 3 rings (SSSR count). The van der Waals surface area contributed by atoms with Crippen molar-refractivity contribution in [3.05, 3.63) is 23.8 Å². The van der Waals surface area contributed by atoms with Crippen molar-refractivity contribution in [1.82, 2.24) is 5.32 Å². The molecule has 2 aliphatic rings. The van der Waals surface area contributed by atoms with E-state index in [1.54, 1.807) is 18.2 Å². The van der Waals surface area contributed by atoms with Gasteiger partial charge in [-0.05, 0) is 51.3 Å². The third-order valence-electron chi connectivity index (χ3n) is 4.62. The summed E-state index contributed by atoms with van der Waals surface area (Å²) in [7, 11) is 0. The first kappa shape index (κ1) is 18.0. The molecule has 3 unspecified atom stereocenters. The zero-order valence-corrected chi connectivity index (χ0v) is 15.0. The van der Waals surface area contributed by atoms with Crippen molar-refractivity contribution in [1.29, 1.82) is 0 Å². The summed E-state index contributed by atoms with van der Waals surface area (Å²) < 4.78 is 22.7. The third kappa shape index (κ3) is 4.44. The summed E-state index contributed by atoms with van der Waals surface area (Å²) in [6, 6.07) is 5.42. The van der Waals surface area contributed by atoms with Gasteiger partial charge in [0.15, 0.2) is 11.5 Å². The number of fused-ring (bicyclic) bond motifs is 1. The average molecular weight is 349 g/mol. The minimum Gasteiger partial charge on any atom is -0.490 e. The molecule has 25 heavy (non-hydrogen) atoms. The lowest BCUT2D eigenvalue weighted by molar-refractivity contribution is -0.157. The average Bonchev–Trinajstić information content (AvgIpc) is 2.63. The topological polar surface area (TPSA) is 66.0 Å². The molecule has 0 spiro atoms. The highest BCUT2D eigenvalue weighted by Crippen LogP contribution is 2.30. The lowest BCUT2D eigenvalue weighted by Crippen LogP contribution is -2.49. The monoisotopic (exact) mass is 349 g/mol. The highest BCUT2D eigenvalue weighted by Gasteiger charge is 2.34. The second kappa shape index (κ2) is 8.54. The van der Waals surface area contributed by atoms with Crippen LogP contribution in [0.5, 0.6) is 11.5 Å². The Kier molecular flexibility index (Phi) is 6.15. The van der Waals surface area contributed by atoms with Gasteiger partial charge in [0.05, 0.1) is 38.6 Å². The maximum Gasteiger partial charge on any atom is 0.251 e. The van der Waals surface area contributed by atoms with Crippen molar-refractivity contribution in [3.63, 3.8) is 0 Å². The first-order valence-corrected chi connectivity index (χ1v) is 9.15. The molecule has 1 saturated heterocycles. The second-order valence-corrected chi connectivity index (χ2v) is 6.33. The summed E-state index contributed by atoms with van der Waals surface area (Å²) in [5.74, 6) is 1.17. The van der Waals surface area contributed by atoms with Crippen LogP contribution in [0.25, 0.3) is 0 Å². The van der Waals surface area contributed by atoms with Crippen LogP contribution in [0.2, 0.25) is 0 Å². The number of amides is 1. The standard InChI is InChI=1S/C19H27NO5/c1-3-22-15-7-5-13(11-17(15)23-4-2)19(21)20-14-6-8-16-18(12-14)25-10-9-24-16/h5,7,11,14,16,18H,3-4,6,8-10,12H2,1-2H3,(H,20,21). The van der Waals surface area contributed by atoms with Crippen LogP contribution in [0.15, 0.2) is 18.2 Å². The molecule has 1 aliphatic carbocycles. The zero-order valence-electron chi connectivity index (χ0n) is 15.0. The first-order valence-electron chi connectivity index (χ1n) is 9.15. The van der Waals surface area contributed by atoms with Gasteiger partial charge in [0.25, 0.3) is 5.91 Å². The molecule has 1 aromatic carbocycles. The highest BCUT2D eigenvalue weighted by molar-refractivity contribution is 5.95. The molecule has 0 radical (unpaired) electrons. The van der Waals surface area contributed by atoms with E-state index in [0.717, 1.165) is 19.3 Å². The van der Waals surface area contributed by atoms with Crippen LogP contribution in [-0.4, -0.2) is 50.6 Å². The molecule has 6 heteroatoms. The van der Waals surface area contributed by atoms with Crippen LogP contribution in [0.3, 0.4) is 0 Å². The normalized spacial score (nSPS) is 25.8. The van der Waals surface area contributed by atoms with Gasteiger partial charge in [0.2, 0.25) is 0 Å². The van der Waals surface area contributed by atoms with E-state index in [-0.39, 0.29) is 24.2 Å². The van der Waals surface area contributed by atoms with Gasteiger partial charge in [-0.3, -0.25) is 4.79 Å². The number of ether oxygens (including phenoxy) is 4. The van der Waals surface area contributed by atoms with Gasteiger partial charge < -0.3 is 24.3 Å². The van der Waals surface area contributed by atoms with Crippen LogP contribution in [0, 0.1) is 0 Å². The van der Waals surface area contributed by atoms with E-state index in [1.165, 1.54) is 0 Å². The molecule has 3 atom stereocenters. The summed E-state index contributed by atoms with van der Waals surface area (Å²) in [5.41, 5.74) is 0.579. The van der Waals surface area contributed by atoms with Crippen LogP contribution in [0.4, 0.5) is 0 Å². The summed E-state index contributed by atoms with van der Waals surface area (Å²) in [6.45, 7) is 6.21. The van der Waals surface area contributed by atoms with E-state index < -0.39 is 0 Å².